The van der Waals surface area contributed by atoms with Gasteiger partial charge in [0.1, 0.15) is 0 Å². The van der Waals surface area contributed by atoms with E-state index in [0.717, 1.165) is 25.6 Å². The molecule has 0 aromatic heterocycles. The summed E-state index contributed by atoms with van der Waals surface area (Å²) >= 11 is 2.35. The van der Waals surface area contributed by atoms with E-state index in [4.69, 9.17) is 4.74 Å². The van der Waals surface area contributed by atoms with Gasteiger partial charge in [-0.2, -0.15) is 0 Å². The quantitative estimate of drug-likeness (QED) is 0.835. The summed E-state index contributed by atoms with van der Waals surface area (Å²) < 4.78 is 6.85. The van der Waals surface area contributed by atoms with Gasteiger partial charge in [-0.3, -0.25) is 0 Å². The van der Waals surface area contributed by atoms with E-state index in [-0.39, 0.29) is 0 Å². The minimum atomic E-state index is 0.559. The minimum Gasteiger partial charge on any atom is -0.381 e. The van der Waals surface area contributed by atoms with Crippen LogP contribution in [-0.2, 0) is 11.2 Å². The summed E-state index contributed by atoms with van der Waals surface area (Å²) in [6, 6.07) is 9.43. The topological polar surface area (TPSA) is 21.3 Å². The van der Waals surface area contributed by atoms with Gasteiger partial charge in [0, 0.05) is 22.8 Å². The molecule has 1 heterocycles. The van der Waals surface area contributed by atoms with Crippen molar-refractivity contribution in [3.05, 3.63) is 33.4 Å². The minimum absolute atomic E-state index is 0.559. The van der Waals surface area contributed by atoms with E-state index in [9.17, 15) is 0 Å². The molecule has 0 spiro atoms. The Bertz CT molecular complexity index is 365. The number of hydrogen-bond donors (Lipinski definition) is 1. The third-order valence-electron chi connectivity index (χ3n) is 3.96. The smallest absolute Gasteiger partial charge is 0.0494 e. The van der Waals surface area contributed by atoms with E-state index in [1.807, 2.05) is 0 Å². The van der Waals surface area contributed by atoms with Gasteiger partial charge in [0.2, 0.25) is 0 Å². The first-order valence-electron chi connectivity index (χ1n) is 6.70. The predicted molar refractivity (Wildman–Crippen MR) is 83.8 cm³/mol. The van der Waals surface area contributed by atoms with Gasteiger partial charge in [-0.05, 0) is 72.0 Å². The molecular weight excluding hydrogens is 337 g/mol. The Hall–Kier alpha value is -0.130. The molecular formula is C15H22INO. The first-order valence-corrected chi connectivity index (χ1v) is 7.78. The number of nitrogens with one attached hydrogen (secondary N) is 1. The molecule has 0 saturated carbocycles. The molecule has 100 valence electrons. The fourth-order valence-electron chi connectivity index (χ4n) is 2.84. The largest absolute Gasteiger partial charge is 0.381 e. The number of ether oxygens (including phenoxy) is 1. The van der Waals surface area contributed by atoms with Gasteiger partial charge in [0.25, 0.3) is 0 Å². The van der Waals surface area contributed by atoms with Crippen LogP contribution >= 0.6 is 22.6 Å². The molecule has 0 radical (unpaired) electrons. The Balaban J connectivity index is 2.02. The van der Waals surface area contributed by atoms with E-state index < -0.39 is 0 Å². The van der Waals surface area contributed by atoms with Crippen molar-refractivity contribution >= 4 is 22.6 Å². The zero-order valence-electron chi connectivity index (χ0n) is 11.2. The lowest BCUT2D eigenvalue weighted by atomic mass is 9.81. The van der Waals surface area contributed by atoms with Gasteiger partial charge in [0.15, 0.2) is 0 Å². The summed E-state index contributed by atoms with van der Waals surface area (Å²) in [6.07, 6.45) is 2.29. The highest BCUT2D eigenvalue weighted by molar-refractivity contribution is 14.1. The Kier molecular flexibility index (Phi) is 5.45. The molecule has 1 aromatic rings. The highest BCUT2D eigenvalue weighted by Crippen LogP contribution is 2.26. The second-order valence-corrected chi connectivity index (χ2v) is 6.48. The van der Waals surface area contributed by atoms with Crippen LogP contribution < -0.4 is 5.32 Å². The second kappa shape index (κ2) is 6.87. The molecule has 1 aromatic carbocycles. The lowest BCUT2D eigenvalue weighted by Crippen LogP contribution is -2.42. The van der Waals surface area contributed by atoms with Crippen molar-refractivity contribution in [1.82, 2.24) is 5.32 Å². The third kappa shape index (κ3) is 3.68. The number of halogens is 1. The normalized spacial score (nSPS) is 25.9. The molecule has 1 aliphatic heterocycles. The number of hydrogen-bond acceptors (Lipinski definition) is 2. The monoisotopic (exact) mass is 359 g/mol. The van der Waals surface area contributed by atoms with Gasteiger partial charge in [-0.25, -0.2) is 0 Å². The summed E-state index contributed by atoms with van der Waals surface area (Å²) in [5.74, 6) is 1.38. The number of rotatable bonds is 4. The van der Waals surface area contributed by atoms with Crippen molar-refractivity contribution in [1.29, 1.82) is 0 Å². The van der Waals surface area contributed by atoms with Gasteiger partial charge in [0.05, 0.1) is 0 Å². The SMILES string of the molecule is CNC(Cc1ccc(I)cc1)C1CCOCC1C. The second-order valence-electron chi connectivity index (χ2n) is 5.23. The van der Waals surface area contributed by atoms with Crippen LogP contribution in [0.5, 0.6) is 0 Å². The Morgan fingerprint density at radius 3 is 2.72 bits per heavy atom. The van der Waals surface area contributed by atoms with Crippen LogP contribution in [0.2, 0.25) is 0 Å². The molecule has 0 amide bonds. The van der Waals surface area contributed by atoms with E-state index in [1.165, 1.54) is 15.6 Å². The summed E-state index contributed by atoms with van der Waals surface area (Å²) in [4.78, 5) is 0. The van der Waals surface area contributed by atoms with Gasteiger partial charge >= 0.3 is 0 Å². The van der Waals surface area contributed by atoms with E-state index in [1.54, 1.807) is 0 Å². The molecule has 18 heavy (non-hydrogen) atoms. The maximum absolute atomic E-state index is 5.54. The van der Waals surface area contributed by atoms with Crippen LogP contribution in [0.4, 0.5) is 0 Å². The van der Waals surface area contributed by atoms with Crippen molar-refractivity contribution < 1.29 is 4.74 Å². The summed E-state index contributed by atoms with van der Waals surface area (Å²) in [6.45, 7) is 4.14. The fourth-order valence-corrected chi connectivity index (χ4v) is 3.20. The molecule has 3 atom stereocenters. The average molecular weight is 359 g/mol. The molecule has 3 heteroatoms. The van der Waals surface area contributed by atoms with Gasteiger partial charge in [-0.1, -0.05) is 19.1 Å². The van der Waals surface area contributed by atoms with Gasteiger partial charge < -0.3 is 10.1 Å². The molecule has 2 nitrogen and oxygen atoms in total. The van der Waals surface area contributed by atoms with Crippen molar-refractivity contribution in [2.24, 2.45) is 11.8 Å². The van der Waals surface area contributed by atoms with Crippen molar-refractivity contribution in [2.45, 2.75) is 25.8 Å². The molecule has 2 rings (SSSR count). The number of likely N-dealkylation sites (N-methyl/N-ethyl adjacent to an activating group) is 1. The van der Waals surface area contributed by atoms with Crippen LogP contribution in [0.15, 0.2) is 24.3 Å². The third-order valence-corrected chi connectivity index (χ3v) is 4.68. The molecule has 3 unspecified atom stereocenters. The predicted octanol–water partition coefficient (Wildman–Crippen LogP) is 3.09. The van der Waals surface area contributed by atoms with E-state index in [2.05, 4.69) is 66.1 Å². The summed E-state index contributed by atoms with van der Waals surface area (Å²) in [5, 5.41) is 3.51. The Morgan fingerprint density at radius 2 is 2.11 bits per heavy atom. The Morgan fingerprint density at radius 1 is 1.39 bits per heavy atom. The zero-order chi connectivity index (χ0) is 13.0. The van der Waals surface area contributed by atoms with Gasteiger partial charge in [-0.15, -0.1) is 0 Å². The first-order chi connectivity index (χ1) is 8.70. The highest BCUT2D eigenvalue weighted by atomic mass is 127. The van der Waals surface area contributed by atoms with E-state index in [0.29, 0.717) is 12.0 Å². The summed E-state index contributed by atoms with van der Waals surface area (Å²) in [5.41, 5.74) is 1.42. The molecule has 1 fully saturated rings. The van der Waals surface area contributed by atoms with E-state index >= 15 is 0 Å². The zero-order valence-corrected chi connectivity index (χ0v) is 13.3. The van der Waals surface area contributed by atoms with Crippen LogP contribution in [0, 0.1) is 15.4 Å². The molecule has 0 aliphatic carbocycles. The molecule has 1 saturated heterocycles. The standard InChI is InChI=1S/C15H22INO/c1-11-10-18-8-7-14(11)15(17-2)9-12-3-5-13(16)6-4-12/h3-6,11,14-15,17H,7-10H2,1-2H3. The highest BCUT2D eigenvalue weighted by Gasteiger charge is 2.28. The Labute approximate surface area is 124 Å². The fraction of sp³-hybridized carbons (Fsp3) is 0.600. The molecule has 1 aliphatic rings. The van der Waals surface area contributed by atoms with Crippen molar-refractivity contribution in [3.63, 3.8) is 0 Å². The van der Waals surface area contributed by atoms with Crippen molar-refractivity contribution in [2.75, 3.05) is 20.3 Å². The maximum atomic E-state index is 5.54. The van der Waals surface area contributed by atoms with Crippen molar-refractivity contribution in [3.8, 4) is 0 Å². The molecule has 1 N–H and O–H groups in total. The van der Waals surface area contributed by atoms with Crippen LogP contribution in [0.1, 0.15) is 18.9 Å². The lowest BCUT2D eigenvalue weighted by molar-refractivity contribution is 0.0119. The lowest BCUT2D eigenvalue weighted by Gasteiger charge is -2.35. The van der Waals surface area contributed by atoms with Crippen LogP contribution in [0.25, 0.3) is 0 Å². The average Bonchev–Trinajstić information content (AvgIpc) is 2.39. The van der Waals surface area contributed by atoms with Crippen LogP contribution in [0.3, 0.4) is 0 Å². The number of benzene rings is 1. The van der Waals surface area contributed by atoms with Crippen LogP contribution in [-0.4, -0.2) is 26.3 Å². The summed E-state index contributed by atoms with van der Waals surface area (Å²) in [7, 11) is 2.08. The first kappa shape index (κ1) is 14.3. The maximum Gasteiger partial charge on any atom is 0.0494 e. The molecule has 0 bridgehead atoms.